The molecule has 3 N–H and O–H groups in total. The number of nitrogens with one attached hydrogen (secondary N) is 1. The van der Waals surface area contributed by atoms with Crippen LogP contribution in [-0.4, -0.2) is 38.7 Å². The standard InChI is InChI=1S/C12H15FN2O4/c1-18-6-9(14)11(16)15-10-5-7(13)3-4-8(10)12(17)19-2/h3-5,9H,6,14H2,1-2H3,(H,15,16). The Bertz CT molecular complexity index is 479. The minimum Gasteiger partial charge on any atom is -0.465 e. The number of anilines is 1. The van der Waals surface area contributed by atoms with Gasteiger partial charge in [0.25, 0.3) is 0 Å². The Morgan fingerprint density at radius 2 is 2.11 bits per heavy atom. The summed E-state index contributed by atoms with van der Waals surface area (Å²) in [6.07, 6.45) is 0. The average molecular weight is 270 g/mol. The number of benzene rings is 1. The number of carbonyl (C=O) groups is 2. The van der Waals surface area contributed by atoms with E-state index in [0.29, 0.717) is 0 Å². The van der Waals surface area contributed by atoms with E-state index in [1.807, 2.05) is 0 Å². The predicted molar refractivity (Wildman–Crippen MR) is 66.2 cm³/mol. The first-order valence-electron chi connectivity index (χ1n) is 5.42. The summed E-state index contributed by atoms with van der Waals surface area (Å²) < 4.78 is 22.4. The molecule has 0 heterocycles. The van der Waals surface area contributed by atoms with Crippen LogP contribution in [0.25, 0.3) is 0 Å². The molecule has 0 fully saturated rings. The van der Waals surface area contributed by atoms with E-state index in [1.54, 1.807) is 0 Å². The predicted octanol–water partition coefficient (Wildman–Crippen LogP) is 0.524. The number of ether oxygens (including phenoxy) is 2. The highest BCUT2D eigenvalue weighted by atomic mass is 19.1. The number of hydrogen-bond donors (Lipinski definition) is 2. The molecule has 0 aliphatic rings. The van der Waals surface area contributed by atoms with Gasteiger partial charge < -0.3 is 20.5 Å². The molecule has 0 aromatic heterocycles. The fourth-order valence-corrected chi connectivity index (χ4v) is 1.39. The molecule has 1 amide bonds. The number of halogens is 1. The molecule has 19 heavy (non-hydrogen) atoms. The summed E-state index contributed by atoms with van der Waals surface area (Å²) in [5.41, 5.74) is 5.57. The van der Waals surface area contributed by atoms with E-state index in [-0.39, 0.29) is 17.9 Å². The van der Waals surface area contributed by atoms with Crippen LogP contribution in [0.1, 0.15) is 10.4 Å². The highest BCUT2D eigenvalue weighted by Gasteiger charge is 2.18. The smallest absolute Gasteiger partial charge is 0.339 e. The summed E-state index contributed by atoms with van der Waals surface area (Å²) in [6, 6.07) is 2.41. The molecule has 0 spiro atoms. The Kier molecular flexibility index (Phi) is 5.40. The molecule has 0 aliphatic heterocycles. The largest absolute Gasteiger partial charge is 0.465 e. The lowest BCUT2D eigenvalue weighted by Gasteiger charge is -2.13. The van der Waals surface area contributed by atoms with Crippen molar-refractivity contribution < 1.29 is 23.5 Å². The second-order valence-corrected chi connectivity index (χ2v) is 3.73. The molecule has 7 heteroatoms. The molecule has 1 unspecified atom stereocenters. The van der Waals surface area contributed by atoms with Crippen molar-refractivity contribution in [1.82, 2.24) is 0 Å². The van der Waals surface area contributed by atoms with Crippen molar-refractivity contribution in [1.29, 1.82) is 0 Å². The quantitative estimate of drug-likeness (QED) is 0.761. The average Bonchev–Trinajstić information content (AvgIpc) is 2.38. The van der Waals surface area contributed by atoms with Crippen LogP contribution in [0.5, 0.6) is 0 Å². The summed E-state index contributed by atoms with van der Waals surface area (Å²) in [6.45, 7) is 0.00864. The Hall–Kier alpha value is -1.99. The molecule has 1 aromatic carbocycles. The van der Waals surface area contributed by atoms with E-state index >= 15 is 0 Å². The molecule has 0 saturated heterocycles. The van der Waals surface area contributed by atoms with E-state index in [9.17, 15) is 14.0 Å². The minimum atomic E-state index is -0.918. The molecule has 6 nitrogen and oxygen atoms in total. The highest BCUT2D eigenvalue weighted by Crippen LogP contribution is 2.18. The number of hydrogen-bond acceptors (Lipinski definition) is 5. The van der Waals surface area contributed by atoms with Gasteiger partial charge in [0.2, 0.25) is 5.91 Å². The van der Waals surface area contributed by atoms with Crippen molar-refractivity contribution in [3.63, 3.8) is 0 Å². The zero-order valence-corrected chi connectivity index (χ0v) is 10.6. The normalized spacial score (nSPS) is 11.8. The number of esters is 1. The van der Waals surface area contributed by atoms with Gasteiger partial charge in [-0.25, -0.2) is 9.18 Å². The molecule has 1 rings (SSSR count). The summed E-state index contributed by atoms with van der Waals surface area (Å²) in [7, 11) is 2.59. The van der Waals surface area contributed by atoms with Gasteiger partial charge in [-0.3, -0.25) is 4.79 Å². The molecule has 0 aliphatic carbocycles. The van der Waals surface area contributed by atoms with Crippen molar-refractivity contribution in [2.75, 3.05) is 26.1 Å². The van der Waals surface area contributed by atoms with Crippen LogP contribution in [-0.2, 0) is 14.3 Å². The van der Waals surface area contributed by atoms with Crippen LogP contribution in [0.3, 0.4) is 0 Å². The number of carbonyl (C=O) groups excluding carboxylic acids is 2. The molecule has 104 valence electrons. The second kappa shape index (κ2) is 6.81. The summed E-state index contributed by atoms with van der Waals surface area (Å²) in [4.78, 5) is 23.2. The topological polar surface area (TPSA) is 90.6 Å². The Labute approximate surface area is 109 Å². The van der Waals surface area contributed by atoms with Crippen molar-refractivity contribution in [2.45, 2.75) is 6.04 Å². The van der Waals surface area contributed by atoms with Crippen molar-refractivity contribution >= 4 is 17.6 Å². The van der Waals surface area contributed by atoms with E-state index in [2.05, 4.69) is 10.1 Å². The number of nitrogens with two attached hydrogens (primary N) is 1. The molecule has 0 radical (unpaired) electrons. The maximum absolute atomic E-state index is 13.2. The first-order chi connectivity index (χ1) is 8.99. The second-order valence-electron chi connectivity index (χ2n) is 3.73. The third kappa shape index (κ3) is 4.01. The number of amides is 1. The van der Waals surface area contributed by atoms with E-state index in [1.165, 1.54) is 20.3 Å². The lowest BCUT2D eigenvalue weighted by atomic mass is 10.1. The molecular weight excluding hydrogens is 255 g/mol. The van der Waals surface area contributed by atoms with Gasteiger partial charge in [0.1, 0.15) is 11.9 Å². The Morgan fingerprint density at radius 1 is 1.42 bits per heavy atom. The van der Waals surface area contributed by atoms with Crippen molar-refractivity contribution in [3.05, 3.63) is 29.6 Å². The summed E-state index contributed by atoms with van der Waals surface area (Å²) in [5, 5.41) is 2.37. The molecule has 0 bridgehead atoms. The zero-order valence-electron chi connectivity index (χ0n) is 10.6. The molecule has 0 saturated carbocycles. The maximum atomic E-state index is 13.2. The van der Waals surface area contributed by atoms with Crippen molar-refractivity contribution in [3.8, 4) is 0 Å². The van der Waals surface area contributed by atoms with Gasteiger partial charge in [0.05, 0.1) is 25.0 Å². The SMILES string of the molecule is COCC(N)C(=O)Nc1cc(F)ccc1C(=O)OC. The third-order valence-electron chi connectivity index (χ3n) is 2.33. The monoisotopic (exact) mass is 270 g/mol. The van der Waals surface area contributed by atoms with Gasteiger partial charge in [-0.1, -0.05) is 0 Å². The number of methoxy groups -OCH3 is 2. The number of rotatable bonds is 5. The van der Waals surface area contributed by atoms with Crippen LogP contribution in [0, 0.1) is 5.82 Å². The van der Waals surface area contributed by atoms with Crippen LogP contribution < -0.4 is 11.1 Å². The third-order valence-corrected chi connectivity index (χ3v) is 2.33. The van der Waals surface area contributed by atoms with Crippen LogP contribution in [0.15, 0.2) is 18.2 Å². The first kappa shape index (κ1) is 15.1. The van der Waals surface area contributed by atoms with Gasteiger partial charge >= 0.3 is 5.97 Å². The van der Waals surface area contributed by atoms with Gasteiger partial charge in [-0.05, 0) is 18.2 Å². The Balaban J connectivity index is 2.96. The van der Waals surface area contributed by atoms with Gasteiger partial charge in [-0.2, -0.15) is 0 Å². The summed E-state index contributed by atoms with van der Waals surface area (Å²) >= 11 is 0. The highest BCUT2D eigenvalue weighted by molar-refractivity contribution is 6.02. The van der Waals surface area contributed by atoms with Crippen LogP contribution in [0.2, 0.25) is 0 Å². The lowest BCUT2D eigenvalue weighted by molar-refractivity contribution is -0.118. The fraction of sp³-hybridized carbons (Fsp3) is 0.333. The molecule has 1 atom stereocenters. The first-order valence-corrected chi connectivity index (χ1v) is 5.42. The van der Waals surface area contributed by atoms with E-state index in [0.717, 1.165) is 12.1 Å². The maximum Gasteiger partial charge on any atom is 0.339 e. The zero-order chi connectivity index (χ0) is 14.4. The summed E-state index contributed by atoms with van der Waals surface area (Å²) in [5.74, 6) is -1.86. The van der Waals surface area contributed by atoms with E-state index < -0.39 is 23.7 Å². The van der Waals surface area contributed by atoms with E-state index in [4.69, 9.17) is 10.5 Å². The minimum absolute atomic E-state index is 0.00315. The van der Waals surface area contributed by atoms with Crippen LogP contribution in [0.4, 0.5) is 10.1 Å². The molecule has 1 aromatic rings. The van der Waals surface area contributed by atoms with Crippen molar-refractivity contribution in [2.24, 2.45) is 5.73 Å². The van der Waals surface area contributed by atoms with Gasteiger partial charge in [-0.15, -0.1) is 0 Å². The van der Waals surface area contributed by atoms with Crippen LogP contribution >= 0.6 is 0 Å². The van der Waals surface area contributed by atoms with Gasteiger partial charge in [0.15, 0.2) is 0 Å². The van der Waals surface area contributed by atoms with Gasteiger partial charge in [0, 0.05) is 7.11 Å². The molecular formula is C12H15FN2O4. The lowest BCUT2D eigenvalue weighted by Crippen LogP contribution is -2.39. The Morgan fingerprint density at radius 3 is 2.68 bits per heavy atom. The fourth-order valence-electron chi connectivity index (χ4n) is 1.39.